The van der Waals surface area contributed by atoms with Crippen LogP contribution in [0.3, 0.4) is 0 Å². The average Bonchev–Trinajstić information content (AvgIpc) is 2.43. The van der Waals surface area contributed by atoms with Crippen molar-refractivity contribution in [1.29, 1.82) is 0 Å². The Kier molecular flexibility index (Phi) is 16.9. The summed E-state index contributed by atoms with van der Waals surface area (Å²) < 4.78 is 0. The van der Waals surface area contributed by atoms with Crippen LogP contribution in [0.1, 0.15) is 84.0 Å². The first kappa shape index (κ1) is 18.4. The van der Waals surface area contributed by atoms with Gasteiger partial charge in [-0.1, -0.05) is 69.8 Å². The summed E-state index contributed by atoms with van der Waals surface area (Å²) in [5.74, 6) is 0. The van der Waals surface area contributed by atoms with Gasteiger partial charge in [0, 0.05) is 0 Å². The SMILES string of the molecule is CCCCC/C=C\CC=CCCCCCCCCN. The molecule has 0 unspecified atom stereocenters. The second-order valence-corrected chi connectivity index (χ2v) is 5.37. The molecule has 19 heavy (non-hydrogen) atoms. The number of nitrogens with two attached hydrogens (primary N) is 1. The maximum atomic E-state index is 5.47. The average molecular weight is 265 g/mol. The van der Waals surface area contributed by atoms with Crippen LogP contribution in [0.25, 0.3) is 0 Å². The van der Waals surface area contributed by atoms with E-state index in [1.165, 1.54) is 70.6 Å². The van der Waals surface area contributed by atoms with E-state index >= 15 is 0 Å². The Bertz CT molecular complexity index is 206. The molecule has 0 aliphatic rings. The maximum Gasteiger partial charge on any atom is -0.00773 e. The van der Waals surface area contributed by atoms with Crippen LogP contribution in [0.2, 0.25) is 0 Å². The third-order valence-corrected chi connectivity index (χ3v) is 3.40. The van der Waals surface area contributed by atoms with Crippen molar-refractivity contribution in [2.75, 3.05) is 6.54 Å². The quantitative estimate of drug-likeness (QED) is 0.314. The smallest absolute Gasteiger partial charge is 0.00773 e. The molecule has 0 bridgehead atoms. The molecule has 1 heteroatoms. The molecule has 2 N–H and O–H groups in total. The number of unbranched alkanes of at least 4 members (excludes halogenated alkanes) is 9. The molecular weight excluding hydrogens is 230 g/mol. The summed E-state index contributed by atoms with van der Waals surface area (Å²) in [4.78, 5) is 0. The Morgan fingerprint density at radius 2 is 1.16 bits per heavy atom. The lowest BCUT2D eigenvalue weighted by atomic mass is 10.1. The Morgan fingerprint density at radius 1 is 0.632 bits per heavy atom. The van der Waals surface area contributed by atoms with Crippen LogP contribution in [0.15, 0.2) is 24.3 Å². The molecule has 0 atom stereocenters. The minimum atomic E-state index is 0.856. The lowest BCUT2D eigenvalue weighted by Gasteiger charge is -1.98. The van der Waals surface area contributed by atoms with Gasteiger partial charge < -0.3 is 5.73 Å². The van der Waals surface area contributed by atoms with Gasteiger partial charge in [-0.2, -0.15) is 0 Å². The molecule has 0 saturated heterocycles. The van der Waals surface area contributed by atoms with Gasteiger partial charge in [-0.3, -0.25) is 0 Å². The third kappa shape index (κ3) is 17.4. The highest BCUT2D eigenvalue weighted by atomic mass is 14.5. The van der Waals surface area contributed by atoms with Gasteiger partial charge >= 0.3 is 0 Å². The van der Waals surface area contributed by atoms with E-state index in [-0.39, 0.29) is 0 Å². The molecule has 0 aromatic rings. The van der Waals surface area contributed by atoms with Gasteiger partial charge in [-0.15, -0.1) is 0 Å². The molecule has 0 radical (unpaired) electrons. The normalized spacial score (nSPS) is 11.9. The van der Waals surface area contributed by atoms with Crippen LogP contribution < -0.4 is 5.73 Å². The second kappa shape index (κ2) is 17.4. The molecule has 1 nitrogen and oxygen atoms in total. The molecule has 0 fully saturated rings. The van der Waals surface area contributed by atoms with E-state index in [1.807, 2.05) is 0 Å². The predicted molar refractivity (Wildman–Crippen MR) is 88.4 cm³/mol. The van der Waals surface area contributed by atoms with Crippen molar-refractivity contribution in [2.45, 2.75) is 84.0 Å². The fourth-order valence-corrected chi connectivity index (χ4v) is 2.13. The highest BCUT2D eigenvalue weighted by molar-refractivity contribution is 4.92. The number of hydrogen-bond donors (Lipinski definition) is 1. The predicted octanol–water partition coefficient (Wildman–Crippen LogP) is 5.76. The first-order chi connectivity index (χ1) is 9.41. The van der Waals surface area contributed by atoms with E-state index in [0.29, 0.717) is 0 Å². The zero-order valence-corrected chi connectivity index (χ0v) is 13.1. The van der Waals surface area contributed by atoms with E-state index < -0.39 is 0 Å². The lowest BCUT2D eigenvalue weighted by molar-refractivity contribution is 0.600. The summed E-state index contributed by atoms with van der Waals surface area (Å²) in [5.41, 5.74) is 5.47. The Balaban J connectivity index is 3.12. The van der Waals surface area contributed by atoms with Crippen LogP contribution in [0.5, 0.6) is 0 Å². The molecule has 112 valence electrons. The molecule has 0 spiro atoms. The molecule has 0 amide bonds. The molecule has 0 saturated carbocycles. The van der Waals surface area contributed by atoms with Crippen LogP contribution in [0.4, 0.5) is 0 Å². The van der Waals surface area contributed by atoms with Crippen molar-refractivity contribution in [3.63, 3.8) is 0 Å². The number of rotatable bonds is 14. The summed E-state index contributed by atoms with van der Waals surface area (Å²) in [6, 6.07) is 0. The third-order valence-electron chi connectivity index (χ3n) is 3.40. The molecule has 0 aliphatic heterocycles. The number of hydrogen-bond acceptors (Lipinski definition) is 1. The van der Waals surface area contributed by atoms with E-state index in [9.17, 15) is 0 Å². The minimum absolute atomic E-state index is 0.856. The van der Waals surface area contributed by atoms with Crippen molar-refractivity contribution in [1.82, 2.24) is 0 Å². The maximum absolute atomic E-state index is 5.47. The van der Waals surface area contributed by atoms with Crippen molar-refractivity contribution < 1.29 is 0 Å². The zero-order chi connectivity index (χ0) is 14.0. The van der Waals surface area contributed by atoms with Crippen molar-refractivity contribution in [3.05, 3.63) is 24.3 Å². The Hall–Kier alpha value is -0.560. The van der Waals surface area contributed by atoms with Gasteiger partial charge in [0.2, 0.25) is 0 Å². The fourth-order valence-electron chi connectivity index (χ4n) is 2.13. The largest absolute Gasteiger partial charge is 0.330 e. The Labute approximate surface area is 121 Å². The summed E-state index contributed by atoms with van der Waals surface area (Å²) in [6.45, 7) is 3.11. The van der Waals surface area contributed by atoms with E-state index in [2.05, 4.69) is 31.2 Å². The van der Waals surface area contributed by atoms with Gasteiger partial charge in [0.25, 0.3) is 0 Å². The molecule has 0 aliphatic carbocycles. The lowest BCUT2D eigenvalue weighted by Crippen LogP contribution is -1.97. The molecule has 0 heterocycles. The Morgan fingerprint density at radius 3 is 1.74 bits per heavy atom. The van der Waals surface area contributed by atoms with Gasteiger partial charge in [-0.25, -0.2) is 0 Å². The molecule has 0 rings (SSSR count). The van der Waals surface area contributed by atoms with Gasteiger partial charge in [0.1, 0.15) is 0 Å². The fraction of sp³-hybridized carbons (Fsp3) is 0.778. The van der Waals surface area contributed by atoms with Gasteiger partial charge in [0.15, 0.2) is 0 Å². The van der Waals surface area contributed by atoms with Crippen molar-refractivity contribution >= 4 is 0 Å². The van der Waals surface area contributed by atoms with E-state index in [0.717, 1.165) is 13.0 Å². The molecule has 0 aromatic heterocycles. The van der Waals surface area contributed by atoms with E-state index in [4.69, 9.17) is 5.73 Å². The monoisotopic (exact) mass is 265 g/mol. The van der Waals surface area contributed by atoms with Crippen LogP contribution >= 0.6 is 0 Å². The van der Waals surface area contributed by atoms with Gasteiger partial charge in [0.05, 0.1) is 0 Å². The highest BCUT2D eigenvalue weighted by Gasteiger charge is 1.89. The first-order valence-corrected chi connectivity index (χ1v) is 8.42. The molecule has 0 aromatic carbocycles. The van der Waals surface area contributed by atoms with Crippen LogP contribution in [0, 0.1) is 0 Å². The van der Waals surface area contributed by atoms with Gasteiger partial charge in [-0.05, 0) is 45.1 Å². The standard InChI is InChI=1S/C18H35N/c1-2-3-4-5-6-7-8-9-10-11-12-13-14-15-16-17-18-19/h6-7,9-10H,2-5,8,11-19H2,1H3/b7-6-,10-9?. The van der Waals surface area contributed by atoms with E-state index in [1.54, 1.807) is 0 Å². The van der Waals surface area contributed by atoms with Crippen LogP contribution in [-0.2, 0) is 0 Å². The summed E-state index contributed by atoms with van der Waals surface area (Å²) in [5, 5.41) is 0. The van der Waals surface area contributed by atoms with Crippen LogP contribution in [-0.4, -0.2) is 6.54 Å². The second-order valence-electron chi connectivity index (χ2n) is 5.37. The summed E-state index contributed by atoms with van der Waals surface area (Å²) >= 11 is 0. The summed E-state index contributed by atoms with van der Waals surface area (Å²) in [7, 11) is 0. The molecular formula is C18H35N. The summed E-state index contributed by atoms with van der Waals surface area (Å²) in [6.07, 6.45) is 24.9. The number of allylic oxidation sites excluding steroid dienone is 4. The topological polar surface area (TPSA) is 26.0 Å². The van der Waals surface area contributed by atoms with Crippen molar-refractivity contribution in [2.24, 2.45) is 5.73 Å². The zero-order valence-electron chi connectivity index (χ0n) is 13.1. The first-order valence-electron chi connectivity index (χ1n) is 8.42. The van der Waals surface area contributed by atoms with Crippen molar-refractivity contribution in [3.8, 4) is 0 Å². The highest BCUT2D eigenvalue weighted by Crippen LogP contribution is 2.07. The minimum Gasteiger partial charge on any atom is -0.330 e.